The van der Waals surface area contributed by atoms with Crippen LogP contribution in [0.25, 0.3) is 10.2 Å². The number of nitrogens with zero attached hydrogens (tertiary/aromatic N) is 3. The molecule has 0 radical (unpaired) electrons. The molecule has 1 saturated carbocycles. The number of amides is 2. The molecule has 180 valence electrons. The maximum Gasteiger partial charge on any atom is 0.271 e. The normalized spacial score (nSPS) is 29.1. The van der Waals surface area contributed by atoms with Crippen molar-refractivity contribution in [2.24, 2.45) is 11.8 Å². The second-order valence-corrected chi connectivity index (χ2v) is 12.0. The summed E-state index contributed by atoms with van der Waals surface area (Å²) in [6.45, 7) is 11.0. The Labute approximate surface area is 201 Å². The molecular formula is C26H38N4O2S. The van der Waals surface area contributed by atoms with E-state index in [2.05, 4.69) is 40.1 Å². The first-order valence-corrected chi connectivity index (χ1v) is 13.6. The lowest BCUT2D eigenvalue weighted by molar-refractivity contribution is -0.133. The van der Waals surface area contributed by atoms with Gasteiger partial charge in [0, 0.05) is 25.7 Å². The summed E-state index contributed by atoms with van der Waals surface area (Å²) in [5.74, 6) is 1.45. The molecule has 2 aromatic rings. The Kier molecular flexibility index (Phi) is 6.29. The Morgan fingerprint density at radius 2 is 1.91 bits per heavy atom. The first-order valence-electron chi connectivity index (χ1n) is 12.8. The lowest BCUT2D eigenvalue weighted by Gasteiger charge is -2.45. The second kappa shape index (κ2) is 9.06. The van der Waals surface area contributed by atoms with Gasteiger partial charge in [-0.05, 0) is 68.5 Å². The molecule has 0 bridgehead atoms. The number of rotatable bonds is 6. The van der Waals surface area contributed by atoms with Gasteiger partial charge in [0.1, 0.15) is 11.2 Å². The SMILES string of the molecule is C[C@@H]1C[C@@H](C)CN(CCCN2C(=O)c3cc4sccc4n3C[C@@]2(C)C(=O)NC2CCCC2)C1. The third-order valence-electron chi connectivity index (χ3n) is 8.03. The van der Waals surface area contributed by atoms with Crippen molar-refractivity contribution < 1.29 is 9.59 Å². The summed E-state index contributed by atoms with van der Waals surface area (Å²) in [6, 6.07) is 4.33. The van der Waals surface area contributed by atoms with E-state index in [1.54, 1.807) is 11.3 Å². The minimum absolute atomic E-state index is 0.00527. The van der Waals surface area contributed by atoms with Crippen molar-refractivity contribution in [2.45, 2.75) is 77.4 Å². The minimum Gasteiger partial charge on any atom is -0.351 e. The van der Waals surface area contributed by atoms with Gasteiger partial charge in [-0.3, -0.25) is 9.59 Å². The van der Waals surface area contributed by atoms with Crippen molar-refractivity contribution >= 4 is 33.4 Å². The van der Waals surface area contributed by atoms with E-state index in [1.807, 2.05) is 17.9 Å². The van der Waals surface area contributed by atoms with Gasteiger partial charge in [-0.1, -0.05) is 26.7 Å². The predicted octanol–water partition coefficient (Wildman–Crippen LogP) is 4.34. The van der Waals surface area contributed by atoms with Crippen LogP contribution in [0.1, 0.15) is 69.8 Å². The van der Waals surface area contributed by atoms with Crippen LogP contribution in [0.2, 0.25) is 0 Å². The lowest BCUT2D eigenvalue weighted by atomic mass is 9.91. The number of likely N-dealkylation sites (tertiary alicyclic amines) is 1. The molecule has 1 N–H and O–H groups in total. The van der Waals surface area contributed by atoms with Crippen LogP contribution in [0.5, 0.6) is 0 Å². The molecular weight excluding hydrogens is 432 g/mol. The maximum absolute atomic E-state index is 13.7. The Morgan fingerprint density at radius 3 is 2.64 bits per heavy atom. The zero-order valence-electron chi connectivity index (χ0n) is 20.3. The van der Waals surface area contributed by atoms with E-state index in [4.69, 9.17) is 0 Å². The van der Waals surface area contributed by atoms with Gasteiger partial charge >= 0.3 is 0 Å². The highest BCUT2D eigenvalue weighted by Gasteiger charge is 2.48. The summed E-state index contributed by atoms with van der Waals surface area (Å²) < 4.78 is 3.20. The van der Waals surface area contributed by atoms with Crippen molar-refractivity contribution in [3.05, 3.63) is 23.2 Å². The number of thiophene rings is 1. The first-order chi connectivity index (χ1) is 15.8. The molecule has 2 aliphatic heterocycles. The van der Waals surface area contributed by atoms with Gasteiger partial charge in [0.2, 0.25) is 5.91 Å². The topological polar surface area (TPSA) is 57.6 Å². The minimum atomic E-state index is -0.872. The van der Waals surface area contributed by atoms with Crippen LogP contribution in [0, 0.1) is 11.8 Å². The molecule has 7 heteroatoms. The molecule has 33 heavy (non-hydrogen) atoms. The molecule has 1 saturated heterocycles. The van der Waals surface area contributed by atoms with E-state index in [0.29, 0.717) is 13.1 Å². The number of hydrogen-bond donors (Lipinski definition) is 1. The Hall–Kier alpha value is -1.86. The quantitative estimate of drug-likeness (QED) is 0.683. The van der Waals surface area contributed by atoms with Crippen LogP contribution in [-0.4, -0.2) is 63.9 Å². The average molecular weight is 471 g/mol. The van der Waals surface area contributed by atoms with E-state index in [1.165, 1.54) is 19.3 Å². The van der Waals surface area contributed by atoms with Gasteiger partial charge in [0.05, 0.1) is 16.8 Å². The van der Waals surface area contributed by atoms with Gasteiger partial charge in [-0.25, -0.2) is 0 Å². The van der Waals surface area contributed by atoms with Crippen molar-refractivity contribution in [1.29, 1.82) is 0 Å². The number of hydrogen-bond acceptors (Lipinski definition) is 4. The van der Waals surface area contributed by atoms with E-state index in [-0.39, 0.29) is 17.9 Å². The third-order valence-corrected chi connectivity index (χ3v) is 8.88. The van der Waals surface area contributed by atoms with Gasteiger partial charge in [-0.15, -0.1) is 11.3 Å². The summed E-state index contributed by atoms with van der Waals surface area (Å²) in [5, 5.41) is 5.36. The highest BCUT2D eigenvalue weighted by Crippen LogP contribution is 2.35. The van der Waals surface area contributed by atoms with Crippen molar-refractivity contribution in [3.63, 3.8) is 0 Å². The molecule has 3 atom stereocenters. The molecule has 0 unspecified atom stereocenters. The molecule has 5 rings (SSSR count). The van der Waals surface area contributed by atoms with Gasteiger partial charge in [0.15, 0.2) is 0 Å². The van der Waals surface area contributed by atoms with E-state index in [9.17, 15) is 9.59 Å². The fourth-order valence-electron chi connectivity index (χ4n) is 6.46. The molecule has 0 spiro atoms. The maximum atomic E-state index is 13.7. The highest BCUT2D eigenvalue weighted by atomic mass is 32.1. The second-order valence-electron chi connectivity index (χ2n) is 11.0. The first kappa shape index (κ1) is 22.9. The van der Waals surface area contributed by atoms with Crippen LogP contribution < -0.4 is 5.32 Å². The van der Waals surface area contributed by atoms with Crippen LogP contribution in [0.15, 0.2) is 17.5 Å². The van der Waals surface area contributed by atoms with E-state index >= 15 is 0 Å². The molecule has 2 fully saturated rings. The highest BCUT2D eigenvalue weighted by molar-refractivity contribution is 7.17. The summed E-state index contributed by atoms with van der Waals surface area (Å²) in [4.78, 5) is 31.8. The van der Waals surface area contributed by atoms with Crippen LogP contribution >= 0.6 is 11.3 Å². The van der Waals surface area contributed by atoms with E-state index in [0.717, 1.165) is 66.6 Å². The fourth-order valence-corrected chi connectivity index (χ4v) is 7.28. The number of aromatic nitrogens is 1. The van der Waals surface area contributed by atoms with Crippen molar-refractivity contribution in [2.75, 3.05) is 26.2 Å². The Morgan fingerprint density at radius 1 is 1.18 bits per heavy atom. The number of fused-ring (bicyclic) bond motifs is 3. The third kappa shape index (κ3) is 4.34. The molecule has 6 nitrogen and oxygen atoms in total. The van der Waals surface area contributed by atoms with Gasteiger partial charge in [-0.2, -0.15) is 0 Å². The number of piperidine rings is 1. The molecule has 1 aliphatic carbocycles. The van der Waals surface area contributed by atoms with Crippen LogP contribution in [0.4, 0.5) is 0 Å². The Balaban J connectivity index is 1.37. The van der Waals surface area contributed by atoms with Crippen LogP contribution in [-0.2, 0) is 11.3 Å². The van der Waals surface area contributed by atoms with E-state index < -0.39 is 5.54 Å². The number of carbonyl (C=O) groups is 2. The Bertz CT molecular complexity index is 1010. The zero-order chi connectivity index (χ0) is 23.2. The largest absolute Gasteiger partial charge is 0.351 e. The standard InChI is InChI=1S/C26H38N4O2S/c1-18-13-19(2)16-28(15-18)10-6-11-30-24(31)22-14-23-21(9-12-33-23)29(22)17-26(30,3)25(32)27-20-7-4-5-8-20/h9,12,14,18-20H,4-8,10-11,13,15-17H2,1-3H3,(H,27,32)/t18-,19-,26+/m1/s1. The molecule has 2 amide bonds. The van der Waals surface area contributed by atoms with Gasteiger partial charge in [0.25, 0.3) is 5.91 Å². The van der Waals surface area contributed by atoms with Crippen LogP contribution in [0.3, 0.4) is 0 Å². The predicted molar refractivity (Wildman–Crippen MR) is 134 cm³/mol. The average Bonchev–Trinajstić information content (AvgIpc) is 3.48. The molecule has 3 aliphatic rings. The summed E-state index contributed by atoms with van der Waals surface area (Å²) >= 11 is 1.66. The summed E-state index contributed by atoms with van der Waals surface area (Å²) in [6.07, 6.45) is 6.64. The van der Waals surface area contributed by atoms with Crippen molar-refractivity contribution in [1.82, 2.24) is 19.7 Å². The summed E-state index contributed by atoms with van der Waals surface area (Å²) in [7, 11) is 0. The van der Waals surface area contributed by atoms with Crippen molar-refractivity contribution in [3.8, 4) is 0 Å². The smallest absolute Gasteiger partial charge is 0.271 e. The number of nitrogens with one attached hydrogen (secondary N) is 1. The van der Waals surface area contributed by atoms with Gasteiger partial charge < -0.3 is 19.7 Å². The zero-order valence-corrected chi connectivity index (χ0v) is 21.1. The molecule has 0 aromatic carbocycles. The summed E-state index contributed by atoms with van der Waals surface area (Å²) in [5.41, 5.74) is 0.922. The molecule has 2 aromatic heterocycles. The number of carbonyl (C=O) groups excluding carboxylic acids is 2. The fraction of sp³-hybridized carbons (Fsp3) is 0.692. The monoisotopic (exact) mass is 470 g/mol. The lowest BCUT2D eigenvalue weighted by Crippen LogP contribution is -2.65. The molecule has 4 heterocycles.